The maximum Gasteiger partial charge on any atom is 0.313 e. The Hall–Kier alpha value is -1.79. The largest absolute Gasteiger partial charge is 0.497 e. The fourth-order valence-electron chi connectivity index (χ4n) is 1.78. The van der Waals surface area contributed by atoms with Gasteiger partial charge in [-0.1, -0.05) is 35.3 Å². The Labute approximate surface area is 125 Å². The van der Waals surface area contributed by atoms with Gasteiger partial charge in [0.05, 0.1) is 18.6 Å². The van der Waals surface area contributed by atoms with Gasteiger partial charge in [-0.3, -0.25) is 14.8 Å². The second kappa shape index (κ2) is 6.11. The molecule has 0 saturated carbocycles. The zero-order valence-electron chi connectivity index (χ0n) is 10.5. The van der Waals surface area contributed by atoms with E-state index in [1.165, 1.54) is 4.68 Å². The molecule has 20 heavy (non-hydrogen) atoms. The van der Waals surface area contributed by atoms with E-state index in [-0.39, 0.29) is 11.4 Å². The first kappa shape index (κ1) is 14.6. The Balaban J connectivity index is 2.30. The second-order valence-corrected chi connectivity index (χ2v) is 5.07. The molecule has 0 atom stereocenters. The minimum Gasteiger partial charge on any atom is -0.497 e. The van der Waals surface area contributed by atoms with E-state index in [4.69, 9.17) is 27.9 Å². The van der Waals surface area contributed by atoms with Crippen LogP contribution in [0.1, 0.15) is 16.1 Å². The highest BCUT2D eigenvalue weighted by molar-refractivity contribution is 6.44. The van der Waals surface area contributed by atoms with Gasteiger partial charge >= 0.3 is 5.69 Å². The highest BCUT2D eigenvalue weighted by Crippen LogP contribution is 2.32. The summed E-state index contributed by atoms with van der Waals surface area (Å²) in [4.78, 5) is 9.33. The van der Waals surface area contributed by atoms with Crippen molar-refractivity contribution in [3.63, 3.8) is 0 Å². The molecule has 0 aliphatic heterocycles. The summed E-state index contributed by atoms with van der Waals surface area (Å²) in [6.45, 7) is 0.336. The normalized spacial score (nSPS) is 10.8. The van der Waals surface area contributed by atoms with E-state index in [0.717, 1.165) is 17.5 Å². The van der Waals surface area contributed by atoms with E-state index in [1.54, 1.807) is 19.2 Å². The molecule has 0 saturated heterocycles. The maximum absolute atomic E-state index is 10.9. The van der Waals surface area contributed by atoms with E-state index in [0.29, 0.717) is 6.54 Å². The van der Waals surface area contributed by atoms with Gasteiger partial charge in [0.25, 0.3) is 0 Å². The van der Waals surface area contributed by atoms with Crippen molar-refractivity contribution < 1.29 is 9.66 Å². The number of nitro groups is 1. The average molecular weight is 316 g/mol. The number of hydrogen-bond donors (Lipinski definition) is 0. The number of nitrogens with zero attached hydrogens (tertiary/aromatic N) is 3. The molecule has 1 aromatic heterocycles. The quantitative estimate of drug-likeness (QED) is 0.482. The van der Waals surface area contributed by atoms with Gasteiger partial charge in [-0.25, -0.2) is 0 Å². The Bertz CT molecular complexity index is 611. The summed E-state index contributed by atoms with van der Waals surface area (Å²) in [6, 6.07) is 7.28. The van der Waals surface area contributed by atoms with Crippen LogP contribution in [0.25, 0.3) is 0 Å². The molecule has 8 heteroatoms. The van der Waals surface area contributed by atoms with Gasteiger partial charge in [-0.15, -0.1) is 0 Å². The lowest BCUT2D eigenvalue weighted by Crippen LogP contribution is -2.07. The van der Waals surface area contributed by atoms with E-state index < -0.39 is 9.76 Å². The van der Waals surface area contributed by atoms with Crippen LogP contribution < -0.4 is 4.74 Å². The molecule has 2 aromatic rings. The van der Waals surface area contributed by atoms with Crippen LogP contribution in [-0.4, -0.2) is 21.8 Å². The lowest BCUT2D eigenvalue weighted by Gasteiger charge is -2.08. The first-order valence-corrected chi connectivity index (χ1v) is 6.51. The average Bonchev–Trinajstić information content (AvgIpc) is 2.83. The molecule has 0 spiro atoms. The summed E-state index contributed by atoms with van der Waals surface area (Å²) in [6.07, 6.45) is 1.15. The topological polar surface area (TPSA) is 70.2 Å². The number of ether oxygens (including phenoxy) is 1. The highest BCUT2D eigenvalue weighted by atomic mass is 35.5. The molecule has 1 heterocycles. The fraction of sp³-hybridized carbons (Fsp3) is 0.250. The molecule has 0 radical (unpaired) electrons. The Morgan fingerprint density at radius 1 is 1.40 bits per heavy atom. The van der Waals surface area contributed by atoms with Crippen LogP contribution in [0.15, 0.2) is 30.5 Å². The first-order chi connectivity index (χ1) is 9.52. The number of aromatic nitrogens is 2. The summed E-state index contributed by atoms with van der Waals surface area (Å²) in [7, 11) is 1.58. The van der Waals surface area contributed by atoms with Crippen LogP contribution in [0.3, 0.4) is 0 Å². The molecule has 0 bridgehead atoms. The molecule has 0 amide bonds. The summed E-state index contributed by atoms with van der Waals surface area (Å²) in [5.41, 5.74) is 0.890. The van der Waals surface area contributed by atoms with Crippen LogP contribution in [0.4, 0.5) is 5.69 Å². The molecular formula is C12H11Cl2N3O3. The van der Waals surface area contributed by atoms with Crippen molar-refractivity contribution in [2.45, 2.75) is 11.4 Å². The molecule has 6 nitrogen and oxygen atoms in total. The third-order valence-electron chi connectivity index (χ3n) is 2.75. The van der Waals surface area contributed by atoms with Crippen LogP contribution in [0, 0.1) is 10.1 Å². The van der Waals surface area contributed by atoms with Gasteiger partial charge in [-0.2, -0.15) is 5.10 Å². The van der Waals surface area contributed by atoms with E-state index in [2.05, 4.69) is 5.10 Å². The van der Waals surface area contributed by atoms with E-state index in [9.17, 15) is 10.1 Å². The predicted molar refractivity (Wildman–Crippen MR) is 75.4 cm³/mol. The molecule has 0 aliphatic carbocycles. The molecule has 0 unspecified atom stereocenters. The maximum atomic E-state index is 10.9. The van der Waals surface area contributed by atoms with Crippen molar-refractivity contribution in [3.8, 4) is 5.75 Å². The van der Waals surface area contributed by atoms with Crippen LogP contribution in [-0.2, 0) is 6.54 Å². The van der Waals surface area contributed by atoms with Crippen LogP contribution in [0.2, 0.25) is 0 Å². The summed E-state index contributed by atoms with van der Waals surface area (Å²) >= 11 is 11.6. The van der Waals surface area contributed by atoms with Crippen molar-refractivity contribution >= 4 is 28.9 Å². The fourth-order valence-corrected chi connectivity index (χ4v) is 2.23. The minimum atomic E-state index is -1.02. The van der Waals surface area contributed by atoms with Crippen molar-refractivity contribution in [1.82, 2.24) is 9.78 Å². The smallest absolute Gasteiger partial charge is 0.313 e. The third-order valence-corrected chi connectivity index (χ3v) is 3.17. The van der Waals surface area contributed by atoms with Crippen molar-refractivity contribution in [2.24, 2.45) is 0 Å². The Morgan fingerprint density at radius 3 is 2.55 bits per heavy atom. The number of halogens is 2. The van der Waals surface area contributed by atoms with Gasteiger partial charge < -0.3 is 4.74 Å². The van der Waals surface area contributed by atoms with Gasteiger partial charge in [-0.05, 0) is 17.7 Å². The lowest BCUT2D eigenvalue weighted by molar-refractivity contribution is -0.385. The zero-order chi connectivity index (χ0) is 14.7. The Kier molecular flexibility index (Phi) is 4.46. The third kappa shape index (κ3) is 3.02. The number of hydrogen-bond acceptors (Lipinski definition) is 4. The standard InChI is InChI=1S/C12H11Cl2N3O3/c1-20-9-4-2-8(3-5-9)7-16-11(12(13)14)10(6-15-16)17(18)19/h2-6,12H,7H2,1H3. The molecule has 0 aliphatic rings. The van der Waals surface area contributed by atoms with Gasteiger partial charge in [0.15, 0.2) is 4.84 Å². The van der Waals surface area contributed by atoms with E-state index in [1.807, 2.05) is 12.1 Å². The molecule has 106 valence electrons. The van der Waals surface area contributed by atoms with Gasteiger partial charge in [0, 0.05) is 0 Å². The van der Waals surface area contributed by atoms with Crippen molar-refractivity contribution in [3.05, 3.63) is 51.8 Å². The van der Waals surface area contributed by atoms with E-state index >= 15 is 0 Å². The molecule has 1 aromatic carbocycles. The summed E-state index contributed by atoms with van der Waals surface area (Å²) in [5.74, 6) is 0.730. The SMILES string of the molecule is COc1ccc(Cn2ncc([N+](=O)[O-])c2C(Cl)Cl)cc1. The first-order valence-electron chi connectivity index (χ1n) is 5.64. The zero-order valence-corrected chi connectivity index (χ0v) is 12.0. The van der Waals surface area contributed by atoms with Gasteiger partial charge in [0.1, 0.15) is 17.6 Å². The summed E-state index contributed by atoms with van der Waals surface area (Å²) in [5, 5.41) is 14.9. The van der Waals surface area contributed by atoms with Gasteiger partial charge in [0.2, 0.25) is 0 Å². The molecule has 0 N–H and O–H groups in total. The number of alkyl halides is 2. The number of benzene rings is 1. The summed E-state index contributed by atoms with van der Waals surface area (Å²) < 4.78 is 6.48. The van der Waals surface area contributed by atoms with Crippen molar-refractivity contribution in [1.29, 1.82) is 0 Å². The molecular weight excluding hydrogens is 305 g/mol. The number of rotatable bonds is 5. The van der Waals surface area contributed by atoms with Crippen LogP contribution in [0.5, 0.6) is 5.75 Å². The lowest BCUT2D eigenvalue weighted by atomic mass is 10.2. The minimum absolute atomic E-state index is 0.175. The molecule has 2 rings (SSSR count). The Morgan fingerprint density at radius 2 is 2.05 bits per heavy atom. The highest BCUT2D eigenvalue weighted by Gasteiger charge is 2.25. The van der Waals surface area contributed by atoms with Crippen molar-refractivity contribution in [2.75, 3.05) is 7.11 Å². The molecule has 0 fully saturated rings. The monoisotopic (exact) mass is 315 g/mol. The predicted octanol–water partition coefficient (Wildman–Crippen LogP) is 3.32. The second-order valence-electron chi connectivity index (χ2n) is 3.98. The number of methoxy groups -OCH3 is 1. The van der Waals surface area contributed by atoms with Crippen LogP contribution >= 0.6 is 23.2 Å².